The molecule has 132 valence electrons. The summed E-state index contributed by atoms with van der Waals surface area (Å²) in [5.41, 5.74) is 12.1. The number of hydrogen-bond donors (Lipinski definition) is 0. The fraction of sp³-hybridized carbons (Fsp3) is 0.143. The first kappa shape index (κ1) is 14.9. The van der Waals surface area contributed by atoms with Crippen LogP contribution in [0.5, 0.6) is 0 Å². The zero-order chi connectivity index (χ0) is 18.2. The molecule has 4 bridgehead atoms. The van der Waals surface area contributed by atoms with Crippen LogP contribution in [0.15, 0.2) is 103 Å². The monoisotopic (exact) mass is 356 g/mol. The molecular weight excluding hydrogens is 336 g/mol. The number of hydrogen-bond acceptors (Lipinski definition) is 0. The van der Waals surface area contributed by atoms with Crippen LogP contribution in [0.3, 0.4) is 0 Å². The molecule has 0 saturated carbocycles. The topological polar surface area (TPSA) is 0 Å². The fourth-order valence-corrected chi connectivity index (χ4v) is 6.38. The van der Waals surface area contributed by atoms with Crippen molar-refractivity contribution in [1.29, 1.82) is 0 Å². The van der Waals surface area contributed by atoms with E-state index in [1.165, 1.54) is 44.5 Å². The van der Waals surface area contributed by atoms with Gasteiger partial charge in [-0.3, -0.25) is 0 Å². The predicted octanol–water partition coefficient (Wildman–Crippen LogP) is 6.57. The molecule has 10 rings (SSSR count). The highest BCUT2D eigenvalue weighted by Gasteiger charge is 2.49. The lowest BCUT2D eigenvalue weighted by atomic mass is 9.53. The van der Waals surface area contributed by atoms with E-state index in [-0.39, 0.29) is 0 Å². The van der Waals surface area contributed by atoms with E-state index >= 15 is 0 Å². The van der Waals surface area contributed by atoms with E-state index in [4.69, 9.17) is 0 Å². The van der Waals surface area contributed by atoms with Crippen LogP contribution >= 0.6 is 0 Å². The summed E-state index contributed by atoms with van der Waals surface area (Å²) in [7, 11) is 0. The van der Waals surface area contributed by atoms with Crippen LogP contribution in [-0.4, -0.2) is 0 Å². The van der Waals surface area contributed by atoms with Crippen molar-refractivity contribution in [3.05, 3.63) is 136 Å². The molecule has 28 heavy (non-hydrogen) atoms. The van der Waals surface area contributed by atoms with Gasteiger partial charge in [-0.25, -0.2) is 0 Å². The molecule has 0 amide bonds. The second-order valence-corrected chi connectivity index (χ2v) is 8.42. The van der Waals surface area contributed by atoms with Crippen molar-refractivity contribution in [3.63, 3.8) is 0 Å². The Kier molecular flexibility index (Phi) is 2.78. The third kappa shape index (κ3) is 1.67. The van der Waals surface area contributed by atoms with E-state index in [0.717, 1.165) is 0 Å². The maximum atomic E-state index is 2.45. The van der Waals surface area contributed by atoms with E-state index in [1.54, 1.807) is 0 Å². The third-order valence-corrected chi connectivity index (χ3v) is 7.30. The zero-order valence-electron chi connectivity index (χ0n) is 15.5. The SMILES string of the molecule is C1=CC2=C3c4ccccc4C(C2C=C1)C1c2ccccc2C3c2ccccc21. The molecule has 0 N–H and O–H groups in total. The van der Waals surface area contributed by atoms with Crippen molar-refractivity contribution < 1.29 is 0 Å². The van der Waals surface area contributed by atoms with Crippen LogP contribution in [0.1, 0.15) is 51.1 Å². The quantitative estimate of drug-likeness (QED) is 0.427. The Bertz CT molecular complexity index is 1190. The minimum Gasteiger partial charge on any atom is -0.0763 e. The van der Waals surface area contributed by atoms with Gasteiger partial charge in [-0.1, -0.05) is 97.1 Å². The Hall–Kier alpha value is -3.12. The lowest BCUT2D eigenvalue weighted by Gasteiger charge is -2.50. The maximum Gasteiger partial charge on any atom is 0.0354 e. The molecule has 7 aliphatic rings. The van der Waals surface area contributed by atoms with Crippen molar-refractivity contribution in [2.75, 3.05) is 0 Å². The number of benzene rings is 3. The second-order valence-electron chi connectivity index (χ2n) is 8.42. The lowest BCUT2D eigenvalue weighted by Crippen LogP contribution is -2.35. The van der Waals surface area contributed by atoms with E-state index in [0.29, 0.717) is 23.7 Å². The van der Waals surface area contributed by atoms with Crippen LogP contribution in [-0.2, 0) is 0 Å². The Morgan fingerprint density at radius 1 is 0.571 bits per heavy atom. The van der Waals surface area contributed by atoms with Crippen molar-refractivity contribution in [3.8, 4) is 0 Å². The summed E-state index contributed by atoms with van der Waals surface area (Å²) in [5.74, 6) is 1.63. The first-order valence-corrected chi connectivity index (χ1v) is 10.3. The van der Waals surface area contributed by atoms with Gasteiger partial charge in [0.2, 0.25) is 0 Å². The standard InChI is InChI=1S/C28H20/c1-2-10-18-17(9-1)25-19-11-3-4-12-20(19)26(18)28-23-15-7-5-13-21(23)27(25)22-14-6-8-16-24(22)28/h1-17,25,27-28H. The van der Waals surface area contributed by atoms with E-state index < -0.39 is 0 Å². The lowest BCUT2D eigenvalue weighted by molar-refractivity contribution is 0.483. The van der Waals surface area contributed by atoms with Crippen LogP contribution in [0.2, 0.25) is 0 Å². The molecule has 0 saturated heterocycles. The first-order valence-electron chi connectivity index (χ1n) is 10.3. The third-order valence-electron chi connectivity index (χ3n) is 7.30. The molecule has 7 aliphatic carbocycles. The maximum absolute atomic E-state index is 2.45. The van der Waals surface area contributed by atoms with Gasteiger partial charge in [-0.15, -0.1) is 0 Å². The van der Waals surface area contributed by atoms with E-state index in [9.17, 15) is 0 Å². The highest BCUT2D eigenvalue weighted by Crippen LogP contribution is 2.63. The van der Waals surface area contributed by atoms with Crippen LogP contribution in [0, 0.1) is 5.92 Å². The van der Waals surface area contributed by atoms with Crippen molar-refractivity contribution in [2.24, 2.45) is 5.92 Å². The number of allylic oxidation sites excluding steroid dienone is 6. The van der Waals surface area contributed by atoms with Gasteiger partial charge in [0.05, 0.1) is 0 Å². The summed E-state index contributed by atoms with van der Waals surface area (Å²) in [5, 5.41) is 0. The minimum atomic E-state index is 0.319. The summed E-state index contributed by atoms with van der Waals surface area (Å²) in [6.45, 7) is 0. The molecule has 3 aromatic rings. The molecular formula is C28H20. The van der Waals surface area contributed by atoms with Crippen LogP contribution in [0.4, 0.5) is 0 Å². The highest BCUT2D eigenvalue weighted by atomic mass is 14.5. The summed E-state index contributed by atoms with van der Waals surface area (Å²) >= 11 is 0. The van der Waals surface area contributed by atoms with Crippen LogP contribution in [0.25, 0.3) is 5.57 Å². The highest BCUT2D eigenvalue weighted by molar-refractivity contribution is 5.88. The van der Waals surface area contributed by atoms with E-state index in [2.05, 4.69) is 97.1 Å². The Balaban J connectivity index is 1.71. The van der Waals surface area contributed by atoms with Gasteiger partial charge in [0.15, 0.2) is 0 Å². The van der Waals surface area contributed by atoms with Gasteiger partial charge < -0.3 is 0 Å². The predicted molar refractivity (Wildman–Crippen MR) is 114 cm³/mol. The smallest absolute Gasteiger partial charge is 0.0354 e. The largest absolute Gasteiger partial charge is 0.0763 e. The Labute approximate surface area is 165 Å². The average molecular weight is 356 g/mol. The summed E-state index contributed by atoms with van der Waals surface area (Å²) in [4.78, 5) is 0. The molecule has 2 atom stereocenters. The summed E-state index contributed by atoms with van der Waals surface area (Å²) < 4.78 is 0. The van der Waals surface area contributed by atoms with Gasteiger partial charge in [-0.05, 0) is 44.5 Å². The van der Waals surface area contributed by atoms with Crippen LogP contribution < -0.4 is 0 Å². The average Bonchev–Trinajstić information content (AvgIpc) is 2.74. The molecule has 0 heterocycles. The molecule has 0 radical (unpaired) electrons. The number of rotatable bonds is 0. The fourth-order valence-electron chi connectivity index (χ4n) is 6.38. The second kappa shape index (κ2) is 5.23. The molecule has 0 heteroatoms. The molecule has 3 aromatic carbocycles. The summed E-state index contributed by atoms with van der Waals surface area (Å²) in [6, 6.07) is 27.6. The van der Waals surface area contributed by atoms with Gasteiger partial charge in [-0.2, -0.15) is 0 Å². The van der Waals surface area contributed by atoms with Gasteiger partial charge in [0.25, 0.3) is 0 Å². The normalized spacial score (nSPS) is 27.6. The van der Waals surface area contributed by atoms with Crippen molar-refractivity contribution >= 4 is 5.57 Å². The molecule has 0 aliphatic heterocycles. The van der Waals surface area contributed by atoms with E-state index in [1.807, 2.05) is 0 Å². The van der Waals surface area contributed by atoms with Gasteiger partial charge in [0, 0.05) is 23.7 Å². The summed E-state index contributed by atoms with van der Waals surface area (Å²) in [6.07, 6.45) is 9.31. The molecule has 2 unspecified atom stereocenters. The molecule has 0 aromatic heterocycles. The minimum absolute atomic E-state index is 0.319. The Morgan fingerprint density at radius 2 is 1.18 bits per heavy atom. The molecule has 0 nitrogen and oxygen atoms in total. The van der Waals surface area contributed by atoms with Gasteiger partial charge >= 0.3 is 0 Å². The molecule has 0 spiro atoms. The first-order chi connectivity index (χ1) is 13.9. The van der Waals surface area contributed by atoms with Gasteiger partial charge in [0.1, 0.15) is 0 Å². The van der Waals surface area contributed by atoms with Crippen molar-refractivity contribution in [2.45, 2.75) is 17.8 Å². The Morgan fingerprint density at radius 3 is 1.89 bits per heavy atom. The van der Waals surface area contributed by atoms with Crippen molar-refractivity contribution in [1.82, 2.24) is 0 Å². The molecule has 0 fully saturated rings. The zero-order valence-corrected chi connectivity index (χ0v) is 15.5.